The number of aliphatic carboxylic acids is 1. The molecule has 0 aliphatic carbocycles. The molecule has 6 nitrogen and oxygen atoms in total. The molecule has 21 heavy (non-hydrogen) atoms. The van der Waals surface area contributed by atoms with Crippen LogP contribution in [0.2, 0.25) is 0 Å². The monoisotopic (exact) mass is 287 g/mol. The Morgan fingerprint density at radius 1 is 1.43 bits per heavy atom. The molecule has 0 saturated carbocycles. The van der Waals surface area contributed by atoms with Crippen molar-refractivity contribution in [1.82, 2.24) is 4.90 Å². The van der Waals surface area contributed by atoms with Crippen LogP contribution < -0.4 is 5.32 Å². The molecule has 1 fully saturated rings. The van der Waals surface area contributed by atoms with Crippen LogP contribution in [0.15, 0.2) is 24.3 Å². The van der Waals surface area contributed by atoms with E-state index < -0.39 is 18.0 Å². The first-order valence-electron chi connectivity index (χ1n) is 6.82. The Balaban J connectivity index is 2.15. The van der Waals surface area contributed by atoms with Crippen molar-refractivity contribution in [3.05, 3.63) is 29.8 Å². The lowest BCUT2D eigenvalue weighted by Gasteiger charge is -2.35. The van der Waals surface area contributed by atoms with Gasteiger partial charge in [0, 0.05) is 6.54 Å². The van der Waals surface area contributed by atoms with Gasteiger partial charge in [0.15, 0.2) is 0 Å². The first-order chi connectivity index (χ1) is 10.0. The fourth-order valence-corrected chi connectivity index (χ4v) is 2.50. The number of hydrogen-bond donors (Lipinski definition) is 2. The summed E-state index contributed by atoms with van der Waals surface area (Å²) in [5, 5.41) is 20.9. The van der Waals surface area contributed by atoms with Crippen LogP contribution in [0.25, 0.3) is 0 Å². The third kappa shape index (κ3) is 3.31. The largest absolute Gasteiger partial charge is 0.480 e. The normalized spacial score (nSPS) is 21.4. The van der Waals surface area contributed by atoms with Gasteiger partial charge in [-0.15, -0.1) is 0 Å². The van der Waals surface area contributed by atoms with E-state index in [1.807, 2.05) is 13.0 Å². The molecule has 2 atom stereocenters. The number of piperidine rings is 1. The third-order valence-electron chi connectivity index (χ3n) is 3.70. The molecule has 2 N–H and O–H groups in total. The summed E-state index contributed by atoms with van der Waals surface area (Å²) in [6.07, 6.45) is 1.22. The van der Waals surface area contributed by atoms with Gasteiger partial charge in [0.2, 0.25) is 0 Å². The molecule has 0 spiro atoms. The van der Waals surface area contributed by atoms with E-state index in [-0.39, 0.29) is 5.92 Å². The van der Waals surface area contributed by atoms with Crippen LogP contribution in [-0.4, -0.2) is 34.6 Å². The predicted molar refractivity (Wildman–Crippen MR) is 76.7 cm³/mol. The highest BCUT2D eigenvalue weighted by Crippen LogP contribution is 2.24. The van der Waals surface area contributed by atoms with Crippen LogP contribution in [0.4, 0.5) is 10.5 Å². The summed E-state index contributed by atoms with van der Waals surface area (Å²) in [4.78, 5) is 24.9. The fourth-order valence-electron chi connectivity index (χ4n) is 2.50. The summed E-state index contributed by atoms with van der Waals surface area (Å²) >= 11 is 0. The van der Waals surface area contributed by atoms with Crippen molar-refractivity contribution < 1.29 is 14.7 Å². The van der Waals surface area contributed by atoms with Crippen molar-refractivity contribution in [1.29, 1.82) is 5.26 Å². The van der Waals surface area contributed by atoms with Crippen LogP contribution in [0.1, 0.15) is 25.3 Å². The molecule has 1 aromatic rings. The summed E-state index contributed by atoms with van der Waals surface area (Å²) in [6, 6.07) is 7.34. The second kappa shape index (κ2) is 6.27. The molecule has 6 heteroatoms. The van der Waals surface area contributed by atoms with Crippen molar-refractivity contribution in [2.24, 2.45) is 5.92 Å². The average Bonchev–Trinajstić information content (AvgIpc) is 2.47. The van der Waals surface area contributed by atoms with Crippen LogP contribution in [0.5, 0.6) is 0 Å². The number of anilines is 1. The predicted octanol–water partition coefficient (Wildman–Crippen LogP) is 2.28. The Labute approximate surface area is 123 Å². The molecule has 0 aromatic heterocycles. The maximum atomic E-state index is 12.3. The van der Waals surface area contributed by atoms with Gasteiger partial charge >= 0.3 is 12.0 Å². The lowest BCUT2D eigenvalue weighted by atomic mass is 9.93. The van der Waals surface area contributed by atoms with Gasteiger partial charge in [0.25, 0.3) is 0 Å². The van der Waals surface area contributed by atoms with Gasteiger partial charge in [0.05, 0.1) is 11.3 Å². The number of nitrogens with one attached hydrogen (secondary N) is 1. The number of hydrogen-bond acceptors (Lipinski definition) is 3. The first-order valence-corrected chi connectivity index (χ1v) is 6.82. The molecule has 0 radical (unpaired) electrons. The molecule has 1 aliphatic rings. The van der Waals surface area contributed by atoms with Gasteiger partial charge in [-0.1, -0.05) is 19.1 Å². The fraction of sp³-hybridized carbons (Fsp3) is 0.400. The molecule has 2 amide bonds. The zero-order valence-corrected chi connectivity index (χ0v) is 11.7. The topological polar surface area (TPSA) is 93.4 Å². The van der Waals surface area contributed by atoms with Gasteiger partial charge in [-0.25, -0.2) is 9.59 Å². The number of urea groups is 1. The highest BCUT2D eigenvalue weighted by atomic mass is 16.4. The van der Waals surface area contributed by atoms with Crippen molar-refractivity contribution in [3.8, 4) is 6.07 Å². The van der Waals surface area contributed by atoms with Gasteiger partial charge in [-0.05, 0) is 30.9 Å². The zero-order valence-electron chi connectivity index (χ0n) is 11.7. The standard InChI is InChI=1S/C15H17N3O3/c1-10-6-7-18(13(8-10)14(19)20)15(21)17-12-5-3-2-4-11(12)9-16/h2-5,10,13H,6-8H2,1H3,(H,17,21)(H,19,20). The lowest BCUT2D eigenvalue weighted by Crippen LogP contribution is -2.51. The molecule has 2 rings (SSSR count). The Morgan fingerprint density at radius 2 is 2.14 bits per heavy atom. The van der Waals surface area contributed by atoms with E-state index in [1.165, 1.54) is 4.90 Å². The minimum atomic E-state index is -0.995. The maximum Gasteiger partial charge on any atom is 0.326 e. The number of carboxylic acids is 1. The summed E-state index contributed by atoms with van der Waals surface area (Å²) in [5.74, 6) is -0.716. The number of nitriles is 1. The quantitative estimate of drug-likeness (QED) is 0.872. The second-order valence-corrected chi connectivity index (χ2v) is 5.26. The zero-order chi connectivity index (χ0) is 15.4. The van der Waals surface area contributed by atoms with E-state index in [0.29, 0.717) is 24.2 Å². The molecule has 110 valence electrons. The Morgan fingerprint density at radius 3 is 2.81 bits per heavy atom. The third-order valence-corrected chi connectivity index (χ3v) is 3.70. The molecule has 1 heterocycles. The lowest BCUT2D eigenvalue weighted by molar-refractivity contribution is -0.143. The maximum absolute atomic E-state index is 12.3. The molecule has 1 saturated heterocycles. The summed E-state index contributed by atoms with van der Waals surface area (Å²) < 4.78 is 0. The molecule has 1 aromatic carbocycles. The Hall–Kier alpha value is -2.55. The molecular formula is C15H17N3O3. The second-order valence-electron chi connectivity index (χ2n) is 5.26. The highest BCUT2D eigenvalue weighted by molar-refractivity contribution is 5.93. The van der Waals surface area contributed by atoms with Crippen molar-refractivity contribution in [3.63, 3.8) is 0 Å². The van der Waals surface area contributed by atoms with Crippen LogP contribution >= 0.6 is 0 Å². The molecule has 1 aliphatic heterocycles. The number of nitrogens with zero attached hydrogens (tertiary/aromatic N) is 2. The van der Waals surface area contributed by atoms with Gasteiger partial charge in [-0.3, -0.25) is 0 Å². The number of carbonyl (C=O) groups is 2. The van der Waals surface area contributed by atoms with E-state index in [9.17, 15) is 14.7 Å². The van der Waals surface area contributed by atoms with Crippen LogP contribution in [-0.2, 0) is 4.79 Å². The molecule has 0 bridgehead atoms. The van der Waals surface area contributed by atoms with E-state index in [0.717, 1.165) is 6.42 Å². The summed E-state index contributed by atoms with van der Waals surface area (Å²) in [7, 11) is 0. The van der Waals surface area contributed by atoms with Crippen molar-refractivity contribution in [2.45, 2.75) is 25.8 Å². The van der Waals surface area contributed by atoms with Crippen LogP contribution in [0.3, 0.4) is 0 Å². The molecular weight excluding hydrogens is 270 g/mol. The Bertz CT molecular complexity index is 594. The Kier molecular flexibility index (Phi) is 4.43. The van der Waals surface area contributed by atoms with Gasteiger partial charge in [-0.2, -0.15) is 5.26 Å². The number of carbonyl (C=O) groups excluding carboxylic acids is 1. The first kappa shape index (κ1) is 14.9. The highest BCUT2D eigenvalue weighted by Gasteiger charge is 2.34. The smallest absolute Gasteiger partial charge is 0.326 e. The number of amides is 2. The summed E-state index contributed by atoms with van der Waals surface area (Å²) in [6.45, 7) is 2.38. The number of benzene rings is 1. The van der Waals surface area contributed by atoms with Gasteiger partial charge in [0.1, 0.15) is 12.1 Å². The van der Waals surface area contributed by atoms with Crippen molar-refractivity contribution >= 4 is 17.7 Å². The minimum Gasteiger partial charge on any atom is -0.480 e. The van der Waals surface area contributed by atoms with E-state index >= 15 is 0 Å². The minimum absolute atomic E-state index is 0.279. The van der Waals surface area contributed by atoms with Crippen molar-refractivity contribution in [2.75, 3.05) is 11.9 Å². The summed E-state index contributed by atoms with van der Waals surface area (Å²) in [5.41, 5.74) is 0.746. The average molecular weight is 287 g/mol. The van der Waals surface area contributed by atoms with E-state index in [1.54, 1.807) is 24.3 Å². The van der Waals surface area contributed by atoms with Crippen LogP contribution in [0, 0.1) is 17.2 Å². The number of para-hydroxylation sites is 1. The van der Waals surface area contributed by atoms with Gasteiger partial charge < -0.3 is 15.3 Å². The van der Waals surface area contributed by atoms with E-state index in [4.69, 9.17) is 5.26 Å². The molecule has 2 unspecified atom stereocenters. The number of carboxylic acid groups (broad SMARTS) is 1. The number of likely N-dealkylation sites (tertiary alicyclic amines) is 1. The SMILES string of the molecule is CC1CCN(C(=O)Nc2ccccc2C#N)C(C(=O)O)C1. The van der Waals surface area contributed by atoms with E-state index in [2.05, 4.69) is 5.32 Å². The number of rotatable bonds is 2.